The molecule has 0 saturated carbocycles. The predicted octanol–water partition coefficient (Wildman–Crippen LogP) is 4.35. The Kier molecular flexibility index (Phi) is 2.94. The third-order valence-corrected chi connectivity index (χ3v) is 2.97. The van der Waals surface area contributed by atoms with Crippen LogP contribution in [0.1, 0.15) is 12.6 Å². The van der Waals surface area contributed by atoms with Gasteiger partial charge in [0, 0.05) is 15.6 Å². The molecule has 1 aromatic carbocycles. The number of nitrogens with zero attached hydrogens (tertiary/aromatic N) is 1. The van der Waals surface area contributed by atoms with Gasteiger partial charge in [0.2, 0.25) is 0 Å². The van der Waals surface area contributed by atoms with Crippen LogP contribution in [0.5, 0.6) is 0 Å². The van der Waals surface area contributed by atoms with Crippen molar-refractivity contribution in [3.8, 4) is 0 Å². The fraction of sp³-hybridized carbons (Fsp3) is 0.182. The number of aromatic nitrogens is 1. The minimum atomic E-state index is -0.350. The number of halogens is 3. The molecule has 0 aliphatic rings. The molecule has 15 heavy (non-hydrogen) atoms. The van der Waals surface area contributed by atoms with Crippen LogP contribution in [0.4, 0.5) is 4.39 Å². The van der Waals surface area contributed by atoms with Gasteiger partial charge in [0.15, 0.2) is 5.82 Å². The second-order valence-corrected chi connectivity index (χ2v) is 4.56. The molecule has 4 heteroatoms. The summed E-state index contributed by atoms with van der Waals surface area (Å²) in [6.45, 7) is 1.96. The highest BCUT2D eigenvalue weighted by molar-refractivity contribution is 9.10. The fourth-order valence-electron chi connectivity index (χ4n) is 1.44. The van der Waals surface area contributed by atoms with Crippen LogP contribution in [0, 0.1) is 5.82 Å². The molecule has 0 aliphatic carbocycles. The Morgan fingerprint density at radius 3 is 2.80 bits per heavy atom. The van der Waals surface area contributed by atoms with E-state index in [0.717, 1.165) is 12.1 Å². The highest BCUT2D eigenvalue weighted by atomic mass is 79.9. The van der Waals surface area contributed by atoms with Crippen LogP contribution in [0.3, 0.4) is 0 Å². The van der Waals surface area contributed by atoms with E-state index in [1.165, 1.54) is 6.07 Å². The van der Waals surface area contributed by atoms with Gasteiger partial charge in [-0.25, -0.2) is 9.37 Å². The van der Waals surface area contributed by atoms with Crippen molar-refractivity contribution in [3.63, 3.8) is 0 Å². The minimum Gasteiger partial charge on any atom is -0.250 e. The van der Waals surface area contributed by atoms with E-state index in [1.807, 2.05) is 6.92 Å². The van der Waals surface area contributed by atoms with Crippen LogP contribution in [-0.4, -0.2) is 4.98 Å². The van der Waals surface area contributed by atoms with Crippen molar-refractivity contribution >= 4 is 38.4 Å². The van der Waals surface area contributed by atoms with Gasteiger partial charge in [0.1, 0.15) is 5.52 Å². The summed E-state index contributed by atoms with van der Waals surface area (Å²) in [7, 11) is 0. The number of benzene rings is 1. The first-order valence-corrected chi connectivity index (χ1v) is 5.73. The second kappa shape index (κ2) is 4.06. The van der Waals surface area contributed by atoms with E-state index < -0.39 is 0 Å². The van der Waals surface area contributed by atoms with Gasteiger partial charge in [0.05, 0.1) is 5.02 Å². The lowest BCUT2D eigenvalue weighted by Crippen LogP contribution is -1.92. The van der Waals surface area contributed by atoms with Crippen molar-refractivity contribution in [2.75, 3.05) is 0 Å². The molecule has 0 unspecified atom stereocenters. The van der Waals surface area contributed by atoms with Crippen molar-refractivity contribution in [2.45, 2.75) is 13.3 Å². The van der Waals surface area contributed by atoms with Gasteiger partial charge in [-0.05, 0) is 24.6 Å². The summed E-state index contributed by atoms with van der Waals surface area (Å²) in [5, 5.41) is 1.18. The molecule has 0 amide bonds. The standard InChI is InChI=1S/C11H8BrClFN/c1-2-7-5-9(13)8-3-6(12)4-10(14)11(8)15-7/h3-5H,2H2,1H3. The molecule has 0 fully saturated rings. The maximum Gasteiger partial charge on any atom is 0.150 e. The molecule has 2 aromatic rings. The van der Waals surface area contributed by atoms with Gasteiger partial charge in [-0.1, -0.05) is 34.5 Å². The zero-order chi connectivity index (χ0) is 11.0. The Morgan fingerprint density at radius 2 is 2.13 bits per heavy atom. The average molecular weight is 289 g/mol. The maximum atomic E-state index is 13.6. The van der Waals surface area contributed by atoms with Crippen LogP contribution in [0.15, 0.2) is 22.7 Å². The summed E-state index contributed by atoms with van der Waals surface area (Å²) in [5.74, 6) is -0.350. The van der Waals surface area contributed by atoms with Gasteiger partial charge >= 0.3 is 0 Å². The number of rotatable bonds is 1. The quantitative estimate of drug-likeness (QED) is 0.760. The van der Waals surface area contributed by atoms with Crippen LogP contribution < -0.4 is 0 Å². The summed E-state index contributed by atoms with van der Waals surface area (Å²) in [5.41, 5.74) is 1.14. The van der Waals surface area contributed by atoms with E-state index >= 15 is 0 Å². The number of hydrogen-bond donors (Lipinski definition) is 0. The number of pyridine rings is 1. The van der Waals surface area contributed by atoms with E-state index in [-0.39, 0.29) is 5.82 Å². The molecular formula is C11H8BrClFN. The van der Waals surface area contributed by atoms with E-state index in [2.05, 4.69) is 20.9 Å². The lowest BCUT2D eigenvalue weighted by atomic mass is 10.2. The maximum absolute atomic E-state index is 13.6. The van der Waals surface area contributed by atoms with Crippen LogP contribution in [-0.2, 0) is 6.42 Å². The first kappa shape index (κ1) is 10.8. The third kappa shape index (κ3) is 1.99. The van der Waals surface area contributed by atoms with Gasteiger partial charge in [-0.3, -0.25) is 0 Å². The number of aryl methyl sites for hydroxylation is 1. The molecule has 0 radical (unpaired) electrons. The molecule has 78 valence electrons. The van der Waals surface area contributed by atoms with E-state index in [0.29, 0.717) is 20.4 Å². The number of fused-ring (bicyclic) bond motifs is 1. The van der Waals surface area contributed by atoms with Crippen molar-refractivity contribution in [1.82, 2.24) is 4.98 Å². The van der Waals surface area contributed by atoms with Crippen molar-refractivity contribution < 1.29 is 4.39 Å². The van der Waals surface area contributed by atoms with Gasteiger partial charge in [0.25, 0.3) is 0 Å². The highest BCUT2D eigenvalue weighted by Crippen LogP contribution is 2.28. The molecule has 1 nitrogen and oxygen atoms in total. The molecule has 1 aromatic heterocycles. The summed E-state index contributed by atoms with van der Waals surface area (Å²) >= 11 is 9.28. The van der Waals surface area contributed by atoms with E-state index in [1.54, 1.807) is 12.1 Å². The molecule has 0 aliphatic heterocycles. The van der Waals surface area contributed by atoms with E-state index in [4.69, 9.17) is 11.6 Å². The minimum absolute atomic E-state index is 0.336. The number of hydrogen-bond acceptors (Lipinski definition) is 1. The molecule has 0 bridgehead atoms. The first-order chi connectivity index (χ1) is 7.11. The van der Waals surface area contributed by atoms with Crippen LogP contribution in [0.2, 0.25) is 5.02 Å². The Morgan fingerprint density at radius 1 is 1.40 bits per heavy atom. The molecule has 1 heterocycles. The summed E-state index contributed by atoms with van der Waals surface area (Å²) in [6.07, 6.45) is 0.741. The molecule has 0 N–H and O–H groups in total. The third-order valence-electron chi connectivity index (χ3n) is 2.20. The largest absolute Gasteiger partial charge is 0.250 e. The Bertz CT molecular complexity index is 527. The Hall–Kier alpha value is -0.670. The van der Waals surface area contributed by atoms with Gasteiger partial charge in [-0.2, -0.15) is 0 Å². The summed E-state index contributed by atoms with van der Waals surface area (Å²) in [6, 6.07) is 4.94. The first-order valence-electron chi connectivity index (χ1n) is 4.56. The van der Waals surface area contributed by atoms with Crippen molar-refractivity contribution in [3.05, 3.63) is 39.2 Å². The Balaban J connectivity index is 2.85. The van der Waals surface area contributed by atoms with Crippen molar-refractivity contribution in [2.24, 2.45) is 0 Å². The summed E-state index contributed by atoms with van der Waals surface area (Å²) < 4.78 is 14.3. The summed E-state index contributed by atoms with van der Waals surface area (Å²) in [4.78, 5) is 4.21. The van der Waals surface area contributed by atoms with Crippen LogP contribution >= 0.6 is 27.5 Å². The average Bonchev–Trinajstić information content (AvgIpc) is 2.19. The zero-order valence-corrected chi connectivity index (χ0v) is 10.4. The monoisotopic (exact) mass is 287 g/mol. The smallest absolute Gasteiger partial charge is 0.150 e. The van der Waals surface area contributed by atoms with Gasteiger partial charge < -0.3 is 0 Å². The van der Waals surface area contributed by atoms with E-state index in [9.17, 15) is 4.39 Å². The van der Waals surface area contributed by atoms with Crippen LogP contribution in [0.25, 0.3) is 10.9 Å². The topological polar surface area (TPSA) is 12.9 Å². The molecule has 2 rings (SSSR count). The molecule has 0 saturated heterocycles. The molecule has 0 spiro atoms. The van der Waals surface area contributed by atoms with Gasteiger partial charge in [-0.15, -0.1) is 0 Å². The predicted molar refractivity (Wildman–Crippen MR) is 63.8 cm³/mol. The SMILES string of the molecule is CCc1cc(Cl)c2cc(Br)cc(F)c2n1. The zero-order valence-electron chi connectivity index (χ0n) is 8.02. The van der Waals surface area contributed by atoms with Crippen molar-refractivity contribution in [1.29, 1.82) is 0 Å². The molecule has 0 atom stereocenters. The second-order valence-electron chi connectivity index (χ2n) is 3.23. The Labute approximate surface area is 100 Å². The lowest BCUT2D eigenvalue weighted by Gasteiger charge is -2.05. The molecular weight excluding hydrogens is 280 g/mol. The fourth-order valence-corrected chi connectivity index (χ4v) is 2.14. The lowest BCUT2D eigenvalue weighted by molar-refractivity contribution is 0.635. The normalized spacial score (nSPS) is 10.9. The highest BCUT2D eigenvalue weighted by Gasteiger charge is 2.08.